The van der Waals surface area contributed by atoms with Crippen molar-refractivity contribution in [2.45, 2.75) is 31.7 Å². The summed E-state index contributed by atoms with van der Waals surface area (Å²) in [6.45, 7) is 4.54. The summed E-state index contributed by atoms with van der Waals surface area (Å²) in [4.78, 5) is 16.6. The van der Waals surface area contributed by atoms with Crippen LogP contribution in [0.4, 0.5) is 5.69 Å². The summed E-state index contributed by atoms with van der Waals surface area (Å²) in [5.74, 6) is -0.512. The van der Waals surface area contributed by atoms with Crippen LogP contribution >= 0.6 is 0 Å². The van der Waals surface area contributed by atoms with Crippen LogP contribution in [0, 0.1) is 19.8 Å². The molecule has 3 rings (SSSR count). The monoisotopic (exact) mass is 376 g/mol. The molecule has 1 aliphatic heterocycles. The maximum atomic E-state index is 12.7. The molecule has 1 unspecified atom stereocenters. The van der Waals surface area contributed by atoms with Gasteiger partial charge in [0, 0.05) is 32.0 Å². The van der Waals surface area contributed by atoms with Crippen LogP contribution in [-0.2, 0) is 21.9 Å². The van der Waals surface area contributed by atoms with Crippen molar-refractivity contribution in [3.63, 3.8) is 0 Å². The van der Waals surface area contributed by atoms with Gasteiger partial charge in [0.15, 0.2) is 5.03 Å². The van der Waals surface area contributed by atoms with E-state index < -0.39 is 10.0 Å². The summed E-state index contributed by atoms with van der Waals surface area (Å²) in [5.41, 5.74) is 2.90. The average Bonchev–Trinajstić information content (AvgIpc) is 3.06. The fraction of sp³-hybridized carbons (Fsp3) is 0.444. The second kappa shape index (κ2) is 7.20. The van der Waals surface area contributed by atoms with Crippen LogP contribution < -0.4 is 5.32 Å². The minimum Gasteiger partial charge on any atom is -0.339 e. The van der Waals surface area contributed by atoms with E-state index in [1.165, 1.54) is 16.8 Å². The number of nitrogens with zero attached hydrogens (tertiary/aromatic N) is 3. The highest BCUT2D eigenvalue weighted by Crippen LogP contribution is 2.25. The van der Waals surface area contributed by atoms with Gasteiger partial charge in [0.2, 0.25) is 5.91 Å². The molecule has 0 bridgehead atoms. The van der Waals surface area contributed by atoms with E-state index in [-0.39, 0.29) is 23.4 Å². The summed E-state index contributed by atoms with van der Waals surface area (Å²) in [7, 11) is -1.95. The quantitative estimate of drug-likeness (QED) is 0.885. The van der Waals surface area contributed by atoms with E-state index in [0.29, 0.717) is 19.4 Å². The first-order chi connectivity index (χ1) is 12.3. The Morgan fingerprint density at radius 2 is 2.08 bits per heavy atom. The van der Waals surface area contributed by atoms with E-state index >= 15 is 0 Å². The fourth-order valence-electron chi connectivity index (χ4n) is 3.15. The van der Waals surface area contributed by atoms with Crippen LogP contribution in [0.3, 0.4) is 0 Å². The van der Waals surface area contributed by atoms with Gasteiger partial charge < -0.3 is 9.88 Å². The second-order valence-corrected chi connectivity index (χ2v) is 8.70. The number of hydrogen-bond donors (Lipinski definition) is 1. The molecule has 0 aliphatic carbocycles. The predicted octanol–water partition coefficient (Wildman–Crippen LogP) is 2.08. The highest BCUT2D eigenvalue weighted by molar-refractivity contribution is 7.89. The minimum absolute atomic E-state index is 0.0237. The van der Waals surface area contributed by atoms with Crippen LogP contribution in [0.5, 0.6) is 0 Å². The third-order valence-electron chi connectivity index (χ3n) is 4.90. The number of carbonyl (C=O) groups excluding carboxylic acids is 1. The standard InChI is InChI=1S/C18H24N4O3S/c1-13-6-4-8-16(14(13)2)20-18(23)15-7-5-9-22(10-15)26(24,25)17-11-21(3)12-19-17/h4,6,8,11-12,15H,5,7,9-10H2,1-3H3,(H,20,23). The number of sulfonamides is 1. The SMILES string of the molecule is Cc1cccc(NC(=O)C2CCCN(S(=O)(=O)c3cn(C)cn3)C2)c1C. The van der Waals surface area contributed by atoms with Crippen molar-refractivity contribution in [3.8, 4) is 0 Å². The van der Waals surface area contributed by atoms with Crippen LogP contribution in [0.15, 0.2) is 35.7 Å². The highest BCUT2D eigenvalue weighted by atomic mass is 32.2. The van der Waals surface area contributed by atoms with E-state index in [0.717, 1.165) is 16.8 Å². The predicted molar refractivity (Wildman–Crippen MR) is 99.2 cm³/mol. The lowest BCUT2D eigenvalue weighted by Gasteiger charge is -2.30. The third kappa shape index (κ3) is 3.66. The Kier molecular flexibility index (Phi) is 5.15. The van der Waals surface area contributed by atoms with Gasteiger partial charge >= 0.3 is 0 Å². The van der Waals surface area contributed by atoms with E-state index in [1.807, 2.05) is 32.0 Å². The Bertz CT molecular complexity index is 920. The largest absolute Gasteiger partial charge is 0.339 e. The first kappa shape index (κ1) is 18.6. The van der Waals surface area contributed by atoms with Gasteiger partial charge in [-0.05, 0) is 43.9 Å². The summed E-state index contributed by atoms with van der Waals surface area (Å²) in [6.07, 6.45) is 4.26. The molecule has 0 radical (unpaired) electrons. The van der Waals surface area contributed by atoms with E-state index in [2.05, 4.69) is 10.3 Å². The molecule has 0 saturated carbocycles. The minimum atomic E-state index is -3.67. The molecule has 26 heavy (non-hydrogen) atoms. The number of nitrogens with one attached hydrogen (secondary N) is 1. The van der Waals surface area contributed by atoms with Crippen molar-refractivity contribution in [1.82, 2.24) is 13.9 Å². The number of anilines is 1. The topological polar surface area (TPSA) is 84.3 Å². The lowest BCUT2D eigenvalue weighted by molar-refractivity contribution is -0.120. The number of piperidine rings is 1. The Labute approximate surface area is 154 Å². The van der Waals surface area contributed by atoms with Gasteiger partial charge in [-0.1, -0.05) is 12.1 Å². The van der Waals surface area contributed by atoms with Gasteiger partial charge in [-0.25, -0.2) is 13.4 Å². The van der Waals surface area contributed by atoms with Gasteiger partial charge in [0.25, 0.3) is 10.0 Å². The molecular formula is C18H24N4O3S. The fourth-order valence-corrected chi connectivity index (χ4v) is 4.64. The Morgan fingerprint density at radius 1 is 1.31 bits per heavy atom. The number of carbonyl (C=O) groups is 1. The van der Waals surface area contributed by atoms with Crippen LogP contribution in [-0.4, -0.2) is 41.3 Å². The molecule has 8 heteroatoms. The van der Waals surface area contributed by atoms with Crippen LogP contribution in [0.1, 0.15) is 24.0 Å². The van der Waals surface area contributed by atoms with Gasteiger partial charge in [0.05, 0.1) is 12.2 Å². The number of aryl methyl sites for hydroxylation is 2. The molecule has 1 fully saturated rings. The Balaban J connectivity index is 1.74. The number of aromatic nitrogens is 2. The van der Waals surface area contributed by atoms with E-state index in [4.69, 9.17) is 0 Å². The zero-order valence-electron chi connectivity index (χ0n) is 15.3. The summed E-state index contributed by atoms with van der Waals surface area (Å²) >= 11 is 0. The number of hydrogen-bond acceptors (Lipinski definition) is 4. The molecule has 1 aliphatic rings. The molecule has 1 aromatic carbocycles. The smallest absolute Gasteiger partial charge is 0.262 e. The van der Waals surface area contributed by atoms with Crippen molar-refractivity contribution in [2.24, 2.45) is 13.0 Å². The number of benzene rings is 1. The zero-order chi connectivity index (χ0) is 18.9. The molecule has 1 aromatic heterocycles. The molecule has 1 N–H and O–H groups in total. The maximum Gasteiger partial charge on any atom is 0.262 e. The van der Waals surface area contributed by atoms with Crippen molar-refractivity contribution >= 4 is 21.6 Å². The molecule has 140 valence electrons. The Hall–Kier alpha value is -2.19. The van der Waals surface area contributed by atoms with Gasteiger partial charge in [-0.3, -0.25) is 4.79 Å². The van der Waals surface area contributed by atoms with Crippen molar-refractivity contribution < 1.29 is 13.2 Å². The molecule has 0 spiro atoms. The normalized spacial score (nSPS) is 18.7. The van der Waals surface area contributed by atoms with Crippen LogP contribution in [0.25, 0.3) is 0 Å². The van der Waals surface area contributed by atoms with E-state index in [1.54, 1.807) is 11.6 Å². The first-order valence-corrected chi connectivity index (χ1v) is 10.1. The molecule has 1 saturated heterocycles. The lowest BCUT2D eigenvalue weighted by atomic mass is 9.98. The molecule has 7 nitrogen and oxygen atoms in total. The molecule has 1 atom stereocenters. The van der Waals surface area contributed by atoms with Crippen molar-refractivity contribution in [1.29, 1.82) is 0 Å². The number of amides is 1. The van der Waals surface area contributed by atoms with Crippen LogP contribution in [0.2, 0.25) is 0 Å². The number of imidazole rings is 1. The summed E-state index contributed by atoms with van der Waals surface area (Å²) < 4.78 is 28.5. The zero-order valence-corrected chi connectivity index (χ0v) is 16.1. The van der Waals surface area contributed by atoms with Crippen molar-refractivity contribution in [2.75, 3.05) is 18.4 Å². The van der Waals surface area contributed by atoms with E-state index in [9.17, 15) is 13.2 Å². The third-order valence-corrected chi connectivity index (χ3v) is 6.65. The summed E-state index contributed by atoms with van der Waals surface area (Å²) in [6, 6.07) is 5.76. The second-order valence-electron chi connectivity index (χ2n) is 6.82. The lowest BCUT2D eigenvalue weighted by Crippen LogP contribution is -2.43. The Morgan fingerprint density at radius 3 is 2.77 bits per heavy atom. The maximum absolute atomic E-state index is 12.7. The molecular weight excluding hydrogens is 352 g/mol. The first-order valence-electron chi connectivity index (χ1n) is 8.64. The molecule has 2 aromatic rings. The van der Waals surface area contributed by atoms with Gasteiger partial charge in [0.1, 0.15) is 0 Å². The molecule has 1 amide bonds. The average molecular weight is 376 g/mol. The molecule has 2 heterocycles. The van der Waals surface area contributed by atoms with Crippen molar-refractivity contribution in [3.05, 3.63) is 41.9 Å². The number of rotatable bonds is 4. The highest BCUT2D eigenvalue weighted by Gasteiger charge is 2.34. The van der Waals surface area contributed by atoms with Gasteiger partial charge in [-0.15, -0.1) is 0 Å². The van der Waals surface area contributed by atoms with Gasteiger partial charge in [-0.2, -0.15) is 4.31 Å². The summed E-state index contributed by atoms with van der Waals surface area (Å²) in [5, 5.41) is 2.98.